The highest BCUT2D eigenvalue weighted by Crippen LogP contribution is 2.32. The van der Waals surface area contributed by atoms with Crippen molar-refractivity contribution in [2.75, 3.05) is 11.8 Å². The Labute approximate surface area is 238 Å². The van der Waals surface area contributed by atoms with Crippen molar-refractivity contribution < 1.29 is 27.1 Å². The largest absolute Gasteiger partial charge is 0.467 e. The molecule has 0 saturated carbocycles. The van der Waals surface area contributed by atoms with Crippen LogP contribution >= 0.6 is 50.9 Å². The van der Waals surface area contributed by atoms with Crippen LogP contribution in [0.25, 0.3) is 11.0 Å². The molecule has 1 aromatic heterocycles. The van der Waals surface area contributed by atoms with E-state index in [1.54, 1.807) is 6.07 Å². The molecule has 0 spiro atoms. The third kappa shape index (κ3) is 6.07. The minimum Gasteiger partial charge on any atom is -0.467 e. The predicted molar refractivity (Wildman–Crippen MR) is 146 cm³/mol. The number of carbonyl (C=O) groups is 2. The number of benzene rings is 3. The van der Waals surface area contributed by atoms with Crippen molar-refractivity contribution in [2.45, 2.75) is 17.4 Å². The van der Waals surface area contributed by atoms with Gasteiger partial charge in [0.1, 0.15) is 27.8 Å². The van der Waals surface area contributed by atoms with Crippen LogP contribution in [0.2, 0.25) is 10.0 Å². The number of fused-ring (bicyclic) bond motifs is 1. The number of sulfonamides is 1. The molecule has 38 heavy (non-hydrogen) atoms. The van der Waals surface area contributed by atoms with Gasteiger partial charge in [-0.25, -0.2) is 17.6 Å². The number of nitrogens with one attached hydrogen (secondary N) is 2. The van der Waals surface area contributed by atoms with Gasteiger partial charge in [0.15, 0.2) is 0 Å². The number of esters is 1. The summed E-state index contributed by atoms with van der Waals surface area (Å²) in [5.74, 6) is -2.11. The van der Waals surface area contributed by atoms with E-state index in [4.69, 9.17) is 27.9 Å². The molecule has 3 aromatic carbocycles. The van der Waals surface area contributed by atoms with Crippen LogP contribution < -0.4 is 10.0 Å². The first-order chi connectivity index (χ1) is 18.0. The number of rotatable bonds is 8. The molecule has 0 aliphatic heterocycles. The summed E-state index contributed by atoms with van der Waals surface area (Å²) in [5, 5.41) is 2.48. The van der Waals surface area contributed by atoms with Crippen LogP contribution in [0.15, 0.2) is 57.9 Å². The average Bonchev–Trinajstić information content (AvgIpc) is 3.36. The van der Waals surface area contributed by atoms with Gasteiger partial charge in [0.2, 0.25) is 0 Å². The lowest BCUT2D eigenvalue weighted by atomic mass is 10.0. The maximum absolute atomic E-state index is 13.6. The lowest BCUT2D eigenvalue weighted by Gasteiger charge is -2.19. The van der Waals surface area contributed by atoms with E-state index in [-0.39, 0.29) is 42.6 Å². The molecular weight excluding hydrogens is 646 g/mol. The number of hydrogen-bond acceptors (Lipinski definition) is 8. The third-order valence-corrected chi connectivity index (χ3v) is 8.57. The average molecular weight is 662 g/mol. The van der Waals surface area contributed by atoms with Crippen molar-refractivity contribution in [3.05, 3.63) is 80.0 Å². The van der Waals surface area contributed by atoms with Crippen LogP contribution in [0.1, 0.15) is 15.9 Å². The number of ether oxygens (including phenoxy) is 1. The number of amides is 1. The molecule has 1 heterocycles. The van der Waals surface area contributed by atoms with Gasteiger partial charge in [-0.15, -0.1) is 0 Å². The second kappa shape index (κ2) is 11.5. The molecule has 0 bridgehead atoms. The Hall–Kier alpha value is -2.84. The van der Waals surface area contributed by atoms with E-state index in [1.807, 2.05) is 0 Å². The first-order valence-electron chi connectivity index (χ1n) is 10.6. The van der Waals surface area contributed by atoms with E-state index < -0.39 is 33.8 Å². The molecule has 4 aromatic rings. The number of anilines is 1. The maximum Gasteiger partial charge on any atom is 0.328 e. The molecule has 1 atom stereocenters. The SMILES string of the molecule is COC(=O)[C@H](Cc1ccc(F)c(Br)c1)NC(=O)c1cc(Cl)c(Cl)cc1NS(=O)(=O)c1cccc2nsnc12. The summed E-state index contributed by atoms with van der Waals surface area (Å²) in [5.41, 5.74) is 0.672. The zero-order valence-electron chi connectivity index (χ0n) is 19.2. The van der Waals surface area contributed by atoms with E-state index in [9.17, 15) is 22.4 Å². The van der Waals surface area contributed by atoms with Crippen molar-refractivity contribution in [2.24, 2.45) is 0 Å². The molecule has 9 nitrogen and oxygen atoms in total. The third-order valence-electron chi connectivity index (χ3n) is 5.30. The summed E-state index contributed by atoms with van der Waals surface area (Å²) >= 11 is 16.2. The Balaban J connectivity index is 1.67. The number of aromatic nitrogens is 2. The van der Waals surface area contributed by atoms with Crippen LogP contribution in [0.4, 0.5) is 10.1 Å². The lowest BCUT2D eigenvalue weighted by molar-refractivity contribution is -0.142. The molecule has 4 rings (SSSR count). The predicted octanol–water partition coefficient (Wildman–Crippen LogP) is 5.21. The normalized spacial score (nSPS) is 12.2. The lowest BCUT2D eigenvalue weighted by Crippen LogP contribution is -2.43. The number of halogens is 4. The van der Waals surface area contributed by atoms with Crippen molar-refractivity contribution in [1.82, 2.24) is 14.1 Å². The van der Waals surface area contributed by atoms with Gasteiger partial charge in [-0.2, -0.15) is 8.75 Å². The van der Waals surface area contributed by atoms with Crippen LogP contribution in [0.3, 0.4) is 0 Å². The Morgan fingerprint density at radius 3 is 2.58 bits per heavy atom. The van der Waals surface area contributed by atoms with E-state index >= 15 is 0 Å². The zero-order valence-corrected chi connectivity index (χ0v) is 23.9. The summed E-state index contributed by atoms with van der Waals surface area (Å²) in [7, 11) is -3.11. The summed E-state index contributed by atoms with van der Waals surface area (Å²) in [6.45, 7) is 0. The fraction of sp³-hybridized carbons (Fsp3) is 0.130. The topological polar surface area (TPSA) is 127 Å². The van der Waals surface area contributed by atoms with Gasteiger partial charge in [0.25, 0.3) is 15.9 Å². The van der Waals surface area contributed by atoms with Crippen molar-refractivity contribution in [3.63, 3.8) is 0 Å². The highest BCUT2D eigenvalue weighted by molar-refractivity contribution is 9.10. The van der Waals surface area contributed by atoms with Gasteiger partial charge in [-0.05, 0) is 57.9 Å². The van der Waals surface area contributed by atoms with Crippen molar-refractivity contribution >= 4 is 89.5 Å². The summed E-state index contributed by atoms with van der Waals surface area (Å²) in [6, 6.07) is 9.75. The molecule has 0 unspecified atom stereocenters. The van der Waals surface area contributed by atoms with Gasteiger partial charge in [-0.1, -0.05) is 35.3 Å². The molecule has 15 heteroatoms. The Kier molecular flexibility index (Phi) is 8.52. The number of hydrogen-bond donors (Lipinski definition) is 2. The molecule has 0 aliphatic carbocycles. The summed E-state index contributed by atoms with van der Waals surface area (Å²) < 4.78 is 55.6. The summed E-state index contributed by atoms with van der Waals surface area (Å²) in [4.78, 5) is 25.6. The van der Waals surface area contributed by atoms with Gasteiger partial charge in [0, 0.05) is 6.42 Å². The molecule has 0 fully saturated rings. The van der Waals surface area contributed by atoms with Crippen LogP contribution in [-0.4, -0.2) is 42.2 Å². The minimum absolute atomic E-state index is 0.0184. The molecular formula is C23H16BrCl2FN4O5S2. The molecule has 1 amide bonds. The Bertz CT molecular complexity index is 1670. The van der Waals surface area contributed by atoms with E-state index in [0.29, 0.717) is 11.1 Å². The molecule has 2 N–H and O–H groups in total. The highest BCUT2D eigenvalue weighted by Gasteiger charge is 2.27. The first-order valence-corrected chi connectivity index (χ1v) is 14.3. The van der Waals surface area contributed by atoms with Crippen molar-refractivity contribution in [1.29, 1.82) is 0 Å². The Morgan fingerprint density at radius 2 is 1.87 bits per heavy atom. The smallest absolute Gasteiger partial charge is 0.328 e. The molecule has 0 saturated heterocycles. The number of nitrogens with zero attached hydrogens (tertiary/aromatic N) is 2. The second-order valence-electron chi connectivity index (χ2n) is 7.81. The van der Waals surface area contributed by atoms with Gasteiger partial charge in [-0.3, -0.25) is 9.52 Å². The maximum atomic E-state index is 13.6. The summed E-state index contributed by atoms with van der Waals surface area (Å²) in [6.07, 6.45) is -0.0432. The highest BCUT2D eigenvalue weighted by atomic mass is 79.9. The number of carbonyl (C=O) groups excluding carboxylic acids is 2. The Morgan fingerprint density at radius 1 is 1.13 bits per heavy atom. The number of methoxy groups -OCH3 is 1. The van der Waals surface area contributed by atoms with E-state index in [0.717, 1.165) is 18.8 Å². The molecule has 0 aliphatic rings. The van der Waals surface area contributed by atoms with Crippen LogP contribution in [0.5, 0.6) is 0 Å². The monoisotopic (exact) mass is 660 g/mol. The van der Waals surface area contributed by atoms with Crippen LogP contribution in [0, 0.1) is 5.82 Å². The molecule has 0 radical (unpaired) electrons. The second-order valence-corrected chi connectivity index (χ2v) is 11.7. The first kappa shape index (κ1) is 28.2. The van der Waals surface area contributed by atoms with Crippen molar-refractivity contribution in [3.8, 4) is 0 Å². The van der Waals surface area contributed by atoms with E-state index in [2.05, 4.69) is 34.7 Å². The fourth-order valence-electron chi connectivity index (χ4n) is 3.49. The minimum atomic E-state index is -4.26. The standard InChI is InChI=1S/C23H16BrCl2FN4O5S2/c1-36-23(33)19(8-11-5-6-16(27)13(24)7-11)28-22(32)12-9-14(25)15(26)10-18(12)31-38(34,35)20-4-2-3-17-21(20)30-37-29-17/h2-7,9-10,19,31H,8H2,1H3,(H,28,32)/t19-/m0/s1. The molecule has 198 valence electrons. The zero-order chi connectivity index (χ0) is 27.6. The fourth-order valence-corrected chi connectivity index (χ4v) is 6.08. The quantitative estimate of drug-likeness (QED) is 0.248. The van der Waals surface area contributed by atoms with Gasteiger partial charge in [0.05, 0.1) is 44.6 Å². The van der Waals surface area contributed by atoms with E-state index in [1.165, 1.54) is 42.5 Å². The van der Waals surface area contributed by atoms with Gasteiger partial charge >= 0.3 is 5.97 Å². The van der Waals surface area contributed by atoms with Gasteiger partial charge < -0.3 is 10.1 Å². The van der Waals surface area contributed by atoms with Crippen LogP contribution in [-0.2, 0) is 26.0 Å².